The van der Waals surface area contributed by atoms with Crippen molar-refractivity contribution in [3.63, 3.8) is 0 Å². The molecule has 0 spiro atoms. The third-order valence-electron chi connectivity index (χ3n) is 6.27. The molecule has 0 unspecified atom stereocenters. The lowest BCUT2D eigenvalue weighted by molar-refractivity contribution is 0.0785. The van der Waals surface area contributed by atoms with Gasteiger partial charge in [-0.2, -0.15) is 5.10 Å². The van der Waals surface area contributed by atoms with Gasteiger partial charge < -0.3 is 10.2 Å². The molecule has 0 bridgehead atoms. The lowest BCUT2D eigenvalue weighted by Crippen LogP contribution is -2.29. The summed E-state index contributed by atoms with van der Waals surface area (Å²) in [7, 11) is 1.78. The van der Waals surface area contributed by atoms with E-state index in [0.29, 0.717) is 30.2 Å². The van der Waals surface area contributed by atoms with Crippen molar-refractivity contribution in [2.24, 2.45) is 0 Å². The number of nitrogens with zero attached hydrogens (tertiary/aromatic N) is 4. The van der Waals surface area contributed by atoms with Gasteiger partial charge >= 0.3 is 6.03 Å². The van der Waals surface area contributed by atoms with Crippen molar-refractivity contribution in [1.82, 2.24) is 20.0 Å². The fourth-order valence-electron chi connectivity index (χ4n) is 4.43. The Kier molecular flexibility index (Phi) is 6.48. The molecule has 7 nitrogen and oxygen atoms in total. The molecular formula is C28H26ClN5O2. The molecule has 3 aromatic carbocycles. The van der Waals surface area contributed by atoms with Crippen molar-refractivity contribution >= 4 is 29.2 Å². The zero-order chi connectivity index (χ0) is 25.2. The first-order valence-corrected chi connectivity index (χ1v) is 12.1. The molecule has 5 rings (SSSR count). The Bertz CT molecular complexity index is 1420. The minimum absolute atomic E-state index is 0.106. The standard InChI is InChI=1S/C28H26ClN5O2/c1-19-16-21(10-13-25(19)33-15-14-30-28(33)36)27(35)32(2)17-22-18-34(24-6-4-3-5-7-24)31-26(22)20-8-11-23(29)12-9-20/h3-13,16,18H,14-15,17H2,1-2H3,(H,30,36). The van der Waals surface area contributed by atoms with Crippen LogP contribution in [0.2, 0.25) is 5.02 Å². The summed E-state index contributed by atoms with van der Waals surface area (Å²) in [5, 5.41) is 8.30. The number of hydrogen-bond acceptors (Lipinski definition) is 3. The largest absolute Gasteiger partial charge is 0.337 e. The van der Waals surface area contributed by atoms with Gasteiger partial charge in [0, 0.05) is 60.3 Å². The van der Waals surface area contributed by atoms with Crippen molar-refractivity contribution in [2.75, 3.05) is 25.0 Å². The molecule has 0 saturated carbocycles. The summed E-state index contributed by atoms with van der Waals surface area (Å²) in [5.41, 5.74) is 5.84. The van der Waals surface area contributed by atoms with Crippen LogP contribution in [0.25, 0.3) is 16.9 Å². The van der Waals surface area contributed by atoms with Crippen molar-refractivity contribution in [1.29, 1.82) is 0 Å². The average Bonchev–Trinajstić information content (AvgIpc) is 3.51. The second kappa shape index (κ2) is 9.87. The molecule has 0 aliphatic carbocycles. The predicted molar refractivity (Wildman–Crippen MR) is 142 cm³/mol. The van der Waals surface area contributed by atoms with Gasteiger partial charge in [-0.15, -0.1) is 0 Å². The van der Waals surface area contributed by atoms with E-state index < -0.39 is 0 Å². The van der Waals surface area contributed by atoms with Crippen LogP contribution in [-0.2, 0) is 6.54 Å². The number of amides is 3. The monoisotopic (exact) mass is 499 g/mol. The first-order chi connectivity index (χ1) is 17.4. The summed E-state index contributed by atoms with van der Waals surface area (Å²) in [6, 6.07) is 22.8. The predicted octanol–water partition coefficient (Wildman–Crippen LogP) is 5.30. The normalized spacial score (nSPS) is 13.1. The minimum atomic E-state index is -0.112. The summed E-state index contributed by atoms with van der Waals surface area (Å²) in [4.78, 5) is 28.8. The van der Waals surface area contributed by atoms with Crippen LogP contribution in [0.15, 0.2) is 79.0 Å². The van der Waals surface area contributed by atoms with E-state index in [1.165, 1.54) is 0 Å². The number of anilines is 1. The number of hydrogen-bond donors (Lipinski definition) is 1. The summed E-state index contributed by atoms with van der Waals surface area (Å²) in [6.07, 6.45) is 1.96. The summed E-state index contributed by atoms with van der Waals surface area (Å²) < 4.78 is 1.83. The highest BCUT2D eigenvalue weighted by molar-refractivity contribution is 6.30. The number of nitrogens with one attached hydrogen (secondary N) is 1. The number of halogens is 1. The lowest BCUT2D eigenvalue weighted by atomic mass is 10.1. The van der Waals surface area contributed by atoms with E-state index in [1.807, 2.05) is 84.5 Å². The van der Waals surface area contributed by atoms with E-state index in [4.69, 9.17) is 16.7 Å². The molecule has 36 heavy (non-hydrogen) atoms. The van der Waals surface area contributed by atoms with Crippen LogP contribution < -0.4 is 10.2 Å². The Hall–Kier alpha value is -4.10. The highest BCUT2D eigenvalue weighted by Crippen LogP contribution is 2.27. The Morgan fingerprint density at radius 1 is 1.08 bits per heavy atom. The number of para-hydroxylation sites is 1. The number of benzene rings is 3. The summed E-state index contributed by atoms with van der Waals surface area (Å²) in [6.45, 7) is 3.53. The van der Waals surface area contributed by atoms with Crippen molar-refractivity contribution in [2.45, 2.75) is 13.5 Å². The smallest absolute Gasteiger partial charge is 0.322 e. The fraction of sp³-hybridized carbons (Fsp3) is 0.179. The third-order valence-corrected chi connectivity index (χ3v) is 6.53. The number of carbonyl (C=O) groups excluding carboxylic acids is 2. The number of urea groups is 1. The minimum Gasteiger partial charge on any atom is -0.337 e. The van der Waals surface area contributed by atoms with E-state index in [0.717, 1.165) is 33.8 Å². The van der Waals surface area contributed by atoms with Crippen molar-refractivity contribution < 1.29 is 9.59 Å². The van der Waals surface area contributed by atoms with E-state index in [1.54, 1.807) is 22.9 Å². The van der Waals surface area contributed by atoms with Gasteiger partial charge in [0.2, 0.25) is 0 Å². The molecule has 1 aromatic heterocycles. The molecule has 0 atom stereocenters. The number of aryl methyl sites for hydroxylation is 1. The second-order valence-electron chi connectivity index (χ2n) is 8.84. The second-order valence-corrected chi connectivity index (χ2v) is 9.27. The van der Waals surface area contributed by atoms with Crippen LogP contribution in [0.3, 0.4) is 0 Å². The van der Waals surface area contributed by atoms with Gasteiger partial charge in [-0.25, -0.2) is 9.48 Å². The summed E-state index contributed by atoms with van der Waals surface area (Å²) >= 11 is 6.10. The maximum absolute atomic E-state index is 13.4. The Morgan fingerprint density at radius 3 is 2.50 bits per heavy atom. The van der Waals surface area contributed by atoms with Crippen LogP contribution in [0.5, 0.6) is 0 Å². The van der Waals surface area contributed by atoms with E-state index in [-0.39, 0.29) is 11.9 Å². The molecule has 1 saturated heterocycles. The third kappa shape index (κ3) is 4.70. The maximum atomic E-state index is 13.4. The molecule has 0 radical (unpaired) electrons. The van der Waals surface area contributed by atoms with Gasteiger partial charge in [0.15, 0.2) is 0 Å². The molecule has 1 aliphatic rings. The Morgan fingerprint density at radius 2 is 1.83 bits per heavy atom. The van der Waals surface area contributed by atoms with Gasteiger partial charge in [0.25, 0.3) is 5.91 Å². The highest BCUT2D eigenvalue weighted by atomic mass is 35.5. The van der Waals surface area contributed by atoms with Crippen LogP contribution in [0.1, 0.15) is 21.5 Å². The zero-order valence-corrected chi connectivity index (χ0v) is 20.9. The molecule has 4 aromatic rings. The van der Waals surface area contributed by atoms with Gasteiger partial charge in [-0.1, -0.05) is 41.9 Å². The highest BCUT2D eigenvalue weighted by Gasteiger charge is 2.24. The lowest BCUT2D eigenvalue weighted by Gasteiger charge is -2.20. The Balaban J connectivity index is 1.42. The van der Waals surface area contributed by atoms with E-state index >= 15 is 0 Å². The molecule has 1 fully saturated rings. The molecule has 182 valence electrons. The molecule has 1 N–H and O–H groups in total. The van der Waals surface area contributed by atoms with Gasteiger partial charge in [0.1, 0.15) is 0 Å². The van der Waals surface area contributed by atoms with Crippen LogP contribution in [0.4, 0.5) is 10.5 Å². The van der Waals surface area contributed by atoms with Crippen LogP contribution in [0, 0.1) is 6.92 Å². The molecule has 8 heteroatoms. The van der Waals surface area contributed by atoms with Gasteiger partial charge in [-0.3, -0.25) is 9.69 Å². The average molecular weight is 500 g/mol. The summed E-state index contributed by atoms with van der Waals surface area (Å²) in [5.74, 6) is -0.106. The van der Waals surface area contributed by atoms with Crippen LogP contribution in [-0.4, -0.2) is 46.8 Å². The van der Waals surface area contributed by atoms with Crippen molar-refractivity contribution in [3.05, 3.63) is 101 Å². The van der Waals surface area contributed by atoms with E-state index in [2.05, 4.69) is 5.32 Å². The number of rotatable bonds is 6. The van der Waals surface area contributed by atoms with Crippen molar-refractivity contribution in [3.8, 4) is 16.9 Å². The number of carbonyl (C=O) groups is 2. The van der Waals surface area contributed by atoms with Gasteiger partial charge in [-0.05, 0) is 55.0 Å². The first-order valence-electron chi connectivity index (χ1n) is 11.7. The molecule has 3 amide bonds. The topological polar surface area (TPSA) is 70.5 Å². The quantitative estimate of drug-likeness (QED) is 0.391. The SMILES string of the molecule is Cc1cc(C(=O)N(C)Cc2cn(-c3ccccc3)nc2-c2ccc(Cl)cc2)ccc1N1CCNC1=O. The first kappa shape index (κ1) is 23.6. The van der Waals surface area contributed by atoms with Gasteiger partial charge in [0.05, 0.1) is 11.4 Å². The Labute approximate surface area is 214 Å². The van der Waals surface area contributed by atoms with Crippen LogP contribution >= 0.6 is 11.6 Å². The number of aromatic nitrogens is 2. The zero-order valence-electron chi connectivity index (χ0n) is 20.1. The molecule has 2 heterocycles. The van der Waals surface area contributed by atoms with E-state index in [9.17, 15) is 9.59 Å². The fourth-order valence-corrected chi connectivity index (χ4v) is 4.56. The maximum Gasteiger partial charge on any atom is 0.322 e. The molecule has 1 aliphatic heterocycles. The molecular weight excluding hydrogens is 474 g/mol.